The number of ether oxygens (including phenoxy) is 4. The van der Waals surface area contributed by atoms with Crippen molar-refractivity contribution < 1.29 is 23.7 Å². The third-order valence-corrected chi connectivity index (χ3v) is 5.48. The van der Waals surface area contributed by atoms with E-state index in [4.69, 9.17) is 30.5 Å². The Morgan fingerprint density at radius 2 is 2.03 bits per heavy atom. The number of methoxy groups -OCH3 is 2. The smallest absolute Gasteiger partial charge is 0.231 e. The SMILES string of the molecule is COc1c(C2CC(=O)Nc3c2ncn3-c2cccc(Cl)c2)cc2c(c1OC)OCO2. The summed E-state index contributed by atoms with van der Waals surface area (Å²) in [4.78, 5) is 17.3. The Hall–Kier alpha value is -3.39. The molecule has 1 N–H and O–H groups in total. The molecule has 0 saturated heterocycles. The van der Waals surface area contributed by atoms with Crippen molar-refractivity contribution in [2.75, 3.05) is 26.3 Å². The van der Waals surface area contributed by atoms with Gasteiger partial charge in [0.2, 0.25) is 24.2 Å². The van der Waals surface area contributed by atoms with Gasteiger partial charge in [-0.1, -0.05) is 17.7 Å². The minimum Gasteiger partial charge on any atom is -0.492 e. The number of imidazole rings is 1. The molecule has 0 aliphatic carbocycles. The second-order valence-electron chi connectivity index (χ2n) is 6.90. The normalized spacial score (nSPS) is 16.8. The Morgan fingerprint density at radius 1 is 1.20 bits per heavy atom. The molecule has 0 radical (unpaired) electrons. The van der Waals surface area contributed by atoms with Gasteiger partial charge in [-0.15, -0.1) is 0 Å². The molecular formula is C21H18ClN3O5. The molecule has 9 heteroatoms. The predicted molar refractivity (Wildman–Crippen MR) is 109 cm³/mol. The van der Waals surface area contributed by atoms with Crippen LogP contribution in [0.3, 0.4) is 0 Å². The quantitative estimate of drug-likeness (QED) is 0.682. The average molecular weight is 428 g/mol. The number of benzene rings is 2. The zero-order valence-corrected chi connectivity index (χ0v) is 17.0. The highest BCUT2D eigenvalue weighted by Gasteiger charge is 2.36. The zero-order valence-electron chi connectivity index (χ0n) is 16.3. The molecule has 0 bridgehead atoms. The number of hydrogen-bond donors (Lipinski definition) is 1. The van der Waals surface area contributed by atoms with Crippen molar-refractivity contribution >= 4 is 23.3 Å². The van der Waals surface area contributed by atoms with E-state index in [9.17, 15) is 4.79 Å². The molecule has 0 fully saturated rings. The first-order valence-corrected chi connectivity index (χ1v) is 9.66. The van der Waals surface area contributed by atoms with Crippen molar-refractivity contribution in [3.05, 3.63) is 52.9 Å². The maximum absolute atomic E-state index is 12.6. The number of hydrogen-bond acceptors (Lipinski definition) is 6. The Kier molecular flexibility index (Phi) is 4.43. The highest BCUT2D eigenvalue weighted by Crippen LogP contribution is 2.53. The molecular weight excluding hydrogens is 410 g/mol. The van der Waals surface area contributed by atoms with Gasteiger partial charge in [0.05, 0.1) is 19.9 Å². The molecule has 3 aromatic rings. The van der Waals surface area contributed by atoms with Gasteiger partial charge < -0.3 is 24.3 Å². The molecule has 30 heavy (non-hydrogen) atoms. The van der Waals surface area contributed by atoms with E-state index in [1.54, 1.807) is 19.5 Å². The van der Waals surface area contributed by atoms with E-state index < -0.39 is 0 Å². The number of amides is 1. The fourth-order valence-corrected chi connectivity index (χ4v) is 4.14. The molecule has 8 nitrogen and oxygen atoms in total. The van der Waals surface area contributed by atoms with Crippen LogP contribution in [-0.4, -0.2) is 36.5 Å². The molecule has 1 amide bonds. The number of fused-ring (bicyclic) bond motifs is 2. The monoisotopic (exact) mass is 427 g/mol. The predicted octanol–water partition coefficient (Wildman–Crippen LogP) is 3.75. The highest BCUT2D eigenvalue weighted by atomic mass is 35.5. The van der Waals surface area contributed by atoms with Crippen LogP contribution in [0.5, 0.6) is 23.0 Å². The summed E-state index contributed by atoms with van der Waals surface area (Å²) >= 11 is 6.15. The number of nitrogens with one attached hydrogen (secondary N) is 1. The van der Waals surface area contributed by atoms with E-state index >= 15 is 0 Å². The molecule has 5 rings (SSSR count). The molecule has 0 saturated carbocycles. The maximum atomic E-state index is 12.6. The molecule has 2 aliphatic rings. The Morgan fingerprint density at radius 3 is 2.80 bits per heavy atom. The van der Waals surface area contributed by atoms with Crippen LogP contribution in [-0.2, 0) is 4.79 Å². The van der Waals surface area contributed by atoms with Crippen molar-refractivity contribution in [2.24, 2.45) is 0 Å². The van der Waals surface area contributed by atoms with E-state index in [-0.39, 0.29) is 25.0 Å². The fourth-order valence-electron chi connectivity index (χ4n) is 3.95. The fraction of sp³-hybridized carbons (Fsp3) is 0.238. The number of rotatable bonds is 4. The van der Waals surface area contributed by atoms with Gasteiger partial charge in [-0.3, -0.25) is 9.36 Å². The third kappa shape index (κ3) is 2.83. The molecule has 0 spiro atoms. The average Bonchev–Trinajstić information content (AvgIpc) is 3.38. The Balaban J connectivity index is 1.68. The first-order valence-electron chi connectivity index (χ1n) is 9.28. The van der Waals surface area contributed by atoms with E-state index in [1.807, 2.05) is 28.8 Å². The van der Waals surface area contributed by atoms with Crippen molar-refractivity contribution in [1.29, 1.82) is 0 Å². The van der Waals surface area contributed by atoms with Gasteiger partial charge in [-0.2, -0.15) is 0 Å². The summed E-state index contributed by atoms with van der Waals surface area (Å²) in [5, 5.41) is 3.53. The lowest BCUT2D eigenvalue weighted by molar-refractivity contribution is -0.116. The van der Waals surface area contributed by atoms with Gasteiger partial charge in [0.1, 0.15) is 12.1 Å². The molecule has 2 aliphatic heterocycles. The van der Waals surface area contributed by atoms with Crippen molar-refractivity contribution in [2.45, 2.75) is 12.3 Å². The summed E-state index contributed by atoms with van der Waals surface area (Å²) in [7, 11) is 3.09. The lowest BCUT2D eigenvalue weighted by atomic mass is 9.88. The summed E-state index contributed by atoms with van der Waals surface area (Å²) in [6.45, 7) is 0.0953. The number of aromatic nitrogens is 2. The van der Waals surface area contributed by atoms with Crippen molar-refractivity contribution in [1.82, 2.24) is 9.55 Å². The minimum atomic E-state index is -0.354. The van der Waals surface area contributed by atoms with Crippen molar-refractivity contribution in [3.8, 4) is 28.7 Å². The van der Waals surface area contributed by atoms with E-state index in [2.05, 4.69) is 10.3 Å². The minimum absolute atomic E-state index is 0.0953. The number of nitrogens with zero attached hydrogens (tertiary/aromatic N) is 2. The Bertz CT molecular complexity index is 1160. The molecule has 154 valence electrons. The molecule has 1 aromatic heterocycles. The highest BCUT2D eigenvalue weighted by molar-refractivity contribution is 6.30. The zero-order chi connectivity index (χ0) is 20.8. The van der Waals surface area contributed by atoms with Crippen LogP contribution >= 0.6 is 11.6 Å². The number of carbonyl (C=O) groups excluding carboxylic acids is 1. The summed E-state index contributed by atoms with van der Waals surface area (Å²) < 4.78 is 24.1. The van der Waals surface area contributed by atoms with Crippen LogP contribution < -0.4 is 24.3 Å². The molecule has 1 unspecified atom stereocenters. The summed E-state index contributed by atoms with van der Waals surface area (Å²) in [6.07, 6.45) is 1.88. The topological polar surface area (TPSA) is 83.8 Å². The van der Waals surface area contributed by atoms with Crippen LogP contribution in [0, 0.1) is 0 Å². The lowest BCUT2D eigenvalue weighted by Crippen LogP contribution is -2.25. The van der Waals surface area contributed by atoms with Gasteiger partial charge in [-0.25, -0.2) is 4.98 Å². The lowest BCUT2D eigenvalue weighted by Gasteiger charge is -2.25. The third-order valence-electron chi connectivity index (χ3n) is 5.25. The molecule has 2 aromatic carbocycles. The van der Waals surface area contributed by atoms with Gasteiger partial charge in [0.25, 0.3) is 0 Å². The maximum Gasteiger partial charge on any atom is 0.231 e. The van der Waals surface area contributed by atoms with Crippen LogP contribution in [0.25, 0.3) is 5.69 Å². The van der Waals surface area contributed by atoms with Gasteiger partial charge >= 0.3 is 0 Å². The second-order valence-corrected chi connectivity index (χ2v) is 7.34. The van der Waals surface area contributed by atoms with Crippen LogP contribution in [0.2, 0.25) is 5.02 Å². The van der Waals surface area contributed by atoms with E-state index in [0.717, 1.165) is 11.3 Å². The molecule has 3 heterocycles. The van der Waals surface area contributed by atoms with Gasteiger partial charge in [-0.05, 0) is 24.3 Å². The number of carbonyl (C=O) groups is 1. The van der Waals surface area contributed by atoms with E-state index in [1.165, 1.54) is 7.11 Å². The summed E-state index contributed by atoms with van der Waals surface area (Å²) in [6, 6.07) is 9.17. The van der Waals surface area contributed by atoms with Gasteiger partial charge in [0.15, 0.2) is 11.5 Å². The first kappa shape index (κ1) is 18.6. The standard InChI is InChI=1S/C21H18ClN3O5/c1-27-18-14(7-15-19(20(18)28-2)30-10-29-15)13-8-16(26)24-21-17(13)23-9-25(21)12-5-3-4-11(22)6-12/h3-7,9,13H,8,10H2,1-2H3,(H,24,26). The van der Waals surface area contributed by atoms with Crippen LogP contribution in [0.4, 0.5) is 5.82 Å². The van der Waals surface area contributed by atoms with Gasteiger partial charge in [0, 0.05) is 28.6 Å². The Labute approximate surface area is 177 Å². The van der Waals surface area contributed by atoms with Crippen molar-refractivity contribution in [3.63, 3.8) is 0 Å². The molecule has 1 atom stereocenters. The summed E-state index contributed by atoms with van der Waals surface area (Å²) in [5.41, 5.74) is 2.26. The number of halogens is 1. The van der Waals surface area contributed by atoms with E-state index in [0.29, 0.717) is 39.5 Å². The van der Waals surface area contributed by atoms with Crippen LogP contribution in [0.1, 0.15) is 23.6 Å². The first-order chi connectivity index (χ1) is 14.6. The largest absolute Gasteiger partial charge is 0.492 e. The second kappa shape index (κ2) is 7.14. The number of anilines is 1. The van der Waals surface area contributed by atoms with Crippen LogP contribution in [0.15, 0.2) is 36.7 Å². The summed E-state index contributed by atoms with van der Waals surface area (Å²) in [5.74, 6) is 2.07.